The summed E-state index contributed by atoms with van der Waals surface area (Å²) in [5.74, 6) is 1.01. The molecule has 0 aliphatic rings. The van der Waals surface area contributed by atoms with E-state index in [0.29, 0.717) is 38.8 Å². The van der Waals surface area contributed by atoms with Gasteiger partial charge in [-0.25, -0.2) is 4.98 Å². The number of furan rings is 2. The molecule has 0 saturated heterocycles. The van der Waals surface area contributed by atoms with Crippen LogP contribution in [0.3, 0.4) is 0 Å². The molecule has 0 aliphatic heterocycles. The second-order valence-corrected chi connectivity index (χ2v) is 23.2. The van der Waals surface area contributed by atoms with Crippen LogP contribution in [0.4, 0.5) is 0 Å². The summed E-state index contributed by atoms with van der Waals surface area (Å²) in [6.07, 6.45) is 2.02. The Labute approximate surface area is 408 Å². The average molecular weight is 1060 g/mol. The summed E-state index contributed by atoms with van der Waals surface area (Å²) in [6, 6.07) is 48.6. The van der Waals surface area contributed by atoms with Crippen molar-refractivity contribution in [3.63, 3.8) is 0 Å². The zero-order chi connectivity index (χ0) is 50.1. The number of fused-ring (bicyclic) bond motifs is 7. The van der Waals surface area contributed by atoms with Gasteiger partial charge in [-0.15, -0.1) is 54.1 Å². The molecule has 0 bridgehead atoms. The fourth-order valence-corrected chi connectivity index (χ4v) is 9.65. The third-order valence-corrected chi connectivity index (χ3v) is 14.0. The van der Waals surface area contributed by atoms with E-state index in [1.807, 2.05) is 66.9 Å². The Morgan fingerprint density at radius 1 is 0.682 bits per heavy atom. The van der Waals surface area contributed by atoms with Gasteiger partial charge in [0.25, 0.3) is 0 Å². The van der Waals surface area contributed by atoms with Gasteiger partial charge in [-0.05, 0) is 94.4 Å². The third-order valence-electron chi connectivity index (χ3n) is 12.0. The minimum absolute atomic E-state index is 0. The number of para-hydroxylation sites is 2. The van der Waals surface area contributed by atoms with Gasteiger partial charge in [-0.2, -0.15) is 0 Å². The molecule has 331 valence electrons. The predicted molar refractivity (Wildman–Crippen MR) is 270 cm³/mol. The van der Waals surface area contributed by atoms with Crippen LogP contribution >= 0.6 is 0 Å². The number of imidazole rings is 1. The molecule has 0 saturated carbocycles. The zero-order valence-electron chi connectivity index (χ0n) is 43.7. The van der Waals surface area contributed by atoms with Crippen molar-refractivity contribution in [2.45, 2.75) is 72.9 Å². The summed E-state index contributed by atoms with van der Waals surface area (Å²) in [5, 5.41) is 2.62. The van der Waals surface area contributed by atoms with Crippen LogP contribution in [0.1, 0.15) is 70.3 Å². The predicted octanol–water partition coefficient (Wildman–Crippen LogP) is 14.7. The molecule has 6 aromatic heterocycles. The van der Waals surface area contributed by atoms with Crippen LogP contribution in [0.25, 0.3) is 94.6 Å². The van der Waals surface area contributed by atoms with Crippen molar-refractivity contribution in [3.05, 3.63) is 168 Å². The number of aromatic nitrogens is 5. The molecule has 1 radical (unpaired) electrons. The van der Waals surface area contributed by atoms with Gasteiger partial charge in [-0.3, -0.25) is 9.97 Å². The fraction of sp³-hybridized carbons (Fsp3) is 0.193. The molecule has 7 nitrogen and oxygen atoms in total. The zero-order valence-corrected chi connectivity index (χ0v) is 41.1. The van der Waals surface area contributed by atoms with E-state index in [0.717, 1.165) is 39.1 Å². The first-order chi connectivity index (χ1) is 33.8. The first-order valence-corrected chi connectivity index (χ1v) is 25.4. The number of nitrogens with zero attached hydrogens (tertiary/aromatic N) is 5. The van der Waals surface area contributed by atoms with E-state index in [9.17, 15) is 0 Å². The summed E-state index contributed by atoms with van der Waals surface area (Å²) >= 11 is 0. The monoisotopic (exact) mass is 1060 g/mol. The molecule has 0 N–H and O–H groups in total. The largest absolute Gasteiger partial charge is 0.499 e. The molecule has 66 heavy (non-hydrogen) atoms. The van der Waals surface area contributed by atoms with Crippen LogP contribution in [-0.2, 0) is 20.1 Å². The van der Waals surface area contributed by atoms with Crippen molar-refractivity contribution in [3.8, 4) is 39.5 Å². The average Bonchev–Trinajstić information content (AvgIpc) is 4.03. The maximum Gasteiger partial charge on any atom is 0.228 e. The molecule has 0 fully saturated rings. The summed E-state index contributed by atoms with van der Waals surface area (Å²) in [4.78, 5) is 18.7. The number of pyridine rings is 3. The summed E-state index contributed by atoms with van der Waals surface area (Å²) in [6.45, 7) is 10.5. The Bertz CT molecular complexity index is 3750. The number of aryl methyl sites for hydroxylation is 2. The maximum absolute atomic E-state index is 8.21. The van der Waals surface area contributed by atoms with Gasteiger partial charge < -0.3 is 18.4 Å². The van der Waals surface area contributed by atoms with Crippen molar-refractivity contribution in [2.24, 2.45) is 0 Å². The van der Waals surface area contributed by atoms with Gasteiger partial charge >= 0.3 is 0 Å². The van der Waals surface area contributed by atoms with Gasteiger partial charge in [0.1, 0.15) is 16.7 Å². The van der Waals surface area contributed by atoms with Gasteiger partial charge in [0, 0.05) is 57.7 Å². The number of hydrogen-bond acceptors (Lipinski definition) is 6. The Morgan fingerprint density at radius 3 is 2.12 bits per heavy atom. The van der Waals surface area contributed by atoms with Gasteiger partial charge in [0.2, 0.25) is 5.71 Å². The van der Waals surface area contributed by atoms with E-state index >= 15 is 0 Å². The van der Waals surface area contributed by atoms with Crippen molar-refractivity contribution in [1.29, 1.82) is 0 Å². The quantitative estimate of drug-likeness (QED) is 0.117. The van der Waals surface area contributed by atoms with Gasteiger partial charge in [0.05, 0.1) is 41.3 Å². The number of rotatable bonds is 7. The second kappa shape index (κ2) is 17.7. The van der Waals surface area contributed by atoms with Crippen molar-refractivity contribution >= 4 is 68.4 Å². The van der Waals surface area contributed by atoms with Crippen molar-refractivity contribution in [1.82, 2.24) is 24.5 Å². The van der Waals surface area contributed by atoms with Crippen LogP contribution in [0.5, 0.6) is 0 Å². The topological polar surface area (TPSA) is 82.8 Å². The van der Waals surface area contributed by atoms with Gasteiger partial charge in [0.15, 0.2) is 0 Å². The molecule has 11 rings (SSSR count). The fourth-order valence-electron chi connectivity index (χ4n) is 8.61. The molecular weight excluding hydrogens is 1010 g/mol. The van der Waals surface area contributed by atoms with Crippen LogP contribution in [-0.4, -0.2) is 32.6 Å². The number of hydrogen-bond donors (Lipinski definition) is 0. The van der Waals surface area contributed by atoms with Crippen LogP contribution in [0.15, 0.2) is 142 Å². The SMILES string of the molecule is C[Si](C)(C)c1ccc(-c2[c-]cccc2)nc1.[2H]C([2H])([2H])c1cc2oc3nc4c(cc3c2c(C([2H])([2H])[2H])n1)oc1c(-c2nc3ccccc3n2-c2c(C(C)C)cc(-c3ccccc3)cc2C(C)C)[c-]ccc14.[Ir]. The summed E-state index contributed by atoms with van der Waals surface area (Å²) in [7, 11) is -1.23. The van der Waals surface area contributed by atoms with E-state index < -0.39 is 21.8 Å². The molecule has 6 heterocycles. The van der Waals surface area contributed by atoms with Crippen LogP contribution in [0, 0.1) is 25.8 Å². The van der Waals surface area contributed by atoms with E-state index in [1.165, 1.54) is 22.4 Å². The Hall–Kier alpha value is -6.51. The molecular formula is C57H51IrN5O2Si-2. The first-order valence-electron chi connectivity index (χ1n) is 24.9. The Kier molecular flexibility index (Phi) is 10.1. The minimum Gasteiger partial charge on any atom is -0.499 e. The molecule has 0 amide bonds. The van der Waals surface area contributed by atoms with E-state index in [1.54, 1.807) is 6.07 Å². The molecule has 9 heteroatoms. The summed E-state index contributed by atoms with van der Waals surface area (Å²) < 4.78 is 63.2. The third kappa shape index (κ3) is 8.10. The first kappa shape index (κ1) is 37.7. The number of benzene rings is 5. The second-order valence-electron chi connectivity index (χ2n) is 18.1. The van der Waals surface area contributed by atoms with E-state index in [-0.39, 0.29) is 60.0 Å². The van der Waals surface area contributed by atoms with Crippen molar-refractivity contribution in [2.75, 3.05) is 0 Å². The minimum atomic E-state index is -2.72. The van der Waals surface area contributed by atoms with Crippen LogP contribution in [0.2, 0.25) is 19.6 Å². The van der Waals surface area contributed by atoms with Crippen LogP contribution < -0.4 is 5.19 Å². The maximum atomic E-state index is 8.21. The van der Waals surface area contributed by atoms with E-state index in [4.69, 9.17) is 27.0 Å². The Balaban J connectivity index is 0.000000321. The van der Waals surface area contributed by atoms with Gasteiger partial charge in [-0.1, -0.05) is 107 Å². The summed E-state index contributed by atoms with van der Waals surface area (Å²) in [5.41, 5.74) is 11.1. The standard InChI is InChI=1S/C43H35N4O2.C14H16NSi.Ir/c1-23(2)31-20-28(27-13-8-7-9-14-27)21-32(24(3)4)40(31)47-35-18-11-10-17-34(35)45-42(47)30-16-12-15-29-39-37(48-41(29)30)22-33-38-26(6)44-25(5)19-36(38)49-43(33)46-39;1-16(2,3)13-9-10-14(15-11-13)12-7-5-4-6-8-12;/h7-15,17-24H,1-6H3;4-7,9-11H,1-3H3;/q2*-1;/i5D3,6D3;;. The Morgan fingerprint density at radius 2 is 1.44 bits per heavy atom. The molecule has 0 atom stereocenters. The molecule has 0 aliphatic carbocycles. The van der Waals surface area contributed by atoms with Crippen molar-refractivity contribution < 1.29 is 37.2 Å². The smallest absolute Gasteiger partial charge is 0.228 e. The molecule has 11 aromatic rings. The molecule has 0 spiro atoms. The van der Waals surface area contributed by atoms with E-state index in [2.05, 4.69) is 129 Å². The molecule has 0 unspecified atom stereocenters. The normalized spacial score (nSPS) is 13.6. The molecule has 5 aromatic carbocycles.